The van der Waals surface area contributed by atoms with Gasteiger partial charge in [-0.05, 0) is 82.0 Å². The van der Waals surface area contributed by atoms with Crippen molar-refractivity contribution < 1.29 is 41.7 Å². The predicted octanol–water partition coefficient (Wildman–Crippen LogP) is 5.37. The molecule has 0 amide bonds. The normalized spacial score (nSPS) is 32.2. The van der Waals surface area contributed by atoms with Crippen molar-refractivity contribution in [2.24, 2.45) is 23.2 Å². The van der Waals surface area contributed by atoms with E-state index in [9.17, 15) is 41.7 Å². The zero-order valence-electron chi connectivity index (χ0n) is 17.8. The third-order valence-corrected chi connectivity index (χ3v) is 7.59. The van der Waals surface area contributed by atoms with Gasteiger partial charge in [0.1, 0.15) is 0 Å². The van der Waals surface area contributed by atoms with Gasteiger partial charge in [0.15, 0.2) is 0 Å². The molecule has 178 valence electrons. The van der Waals surface area contributed by atoms with Gasteiger partial charge in [-0.15, -0.1) is 0 Å². The molecule has 3 nitrogen and oxygen atoms in total. The van der Waals surface area contributed by atoms with Crippen molar-refractivity contribution in [1.82, 2.24) is 0 Å². The van der Waals surface area contributed by atoms with E-state index in [2.05, 4.69) is 0 Å². The summed E-state index contributed by atoms with van der Waals surface area (Å²) in [6, 6.07) is 0. The number of fused-ring (bicyclic) bond motifs is 1. The molecule has 30 heavy (non-hydrogen) atoms. The lowest BCUT2D eigenvalue weighted by molar-refractivity contribution is -0.374. The van der Waals surface area contributed by atoms with Gasteiger partial charge >= 0.3 is 12.4 Å². The minimum atomic E-state index is -5.84. The van der Waals surface area contributed by atoms with E-state index in [1.54, 1.807) is 0 Å². The Morgan fingerprint density at radius 2 is 1.53 bits per heavy atom. The molecule has 5 atom stereocenters. The summed E-state index contributed by atoms with van der Waals surface area (Å²) < 4.78 is 80.4. The first kappa shape index (κ1) is 25.7. The van der Waals surface area contributed by atoms with E-state index in [0.29, 0.717) is 32.1 Å². The lowest BCUT2D eigenvalue weighted by atomic mass is 9.60. The van der Waals surface area contributed by atoms with E-state index >= 15 is 0 Å². The van der Waals surface area contributed by atoms with Crippen LogP contribution in [0.15, 0.2) is 0 Å². The second-order valence-corrected chi connectivity index (χ2v) is 10.3. The first-order chi connectivity index (χ1) is 13.4. The highest BCUT2D eigenvalue weighted by molar-refractivity contribution is 5.05. The van der Waals surface area contributed by atoms with Crippen molar-refractivity contribution in [3.63, 3.8) is 0 Å². The summed E-state index contributed by atoms with van der Waals surface area (Å²) in [6.07, 6.45) is -10.3. The Kier molecular flexibility index (Phi) is 7.23. The zero-order chi connectivity index (χ0) is 23.2. The first-order valence-corrected chi connectivity index (χ1v) is 10.7. The Balaban J connectivity index is 2.35. The molecule has 0 saturated heterocycles. The molecule has 2 aliphatic carbocycles. The second-order valence-electron chi connectivity index (χ2n) is 10.3. The predicted molar refractivity (Wildman–Crippen MR) is 99.5 cm³/mol. The summed E-state index contributed by atoms with van der Waals surface area (Å²) in [5.41, 5.74) is -6.42. The average molecular weight is 448 g/mol. The quantitative estimate of drug-likeness (QED) is 0.459. The molecule has 0 aromatic carbocycles. The lowest BCUT2D eigenvalue weighted by Crippen LogP contribution is -2.58. The Morgan fingerprint density at radius 3 is 2.03 bits per heavy atom. The maximum absolute atomic E-state index is 13.4. The summed E-state index contributed by atoms with van der Waals surface area (Å²) in [7, 11) is 0. The second kappa shape index (κ2) is 8.43. The van der Waals surface area contributed by atoms with Crippen LogP contribution in [0.25, 0.3) is 0 Å². The van der Waals surface area contributed by atoms with Crippen LogP contribution < -0.4 is 0 Å². The summed E-state index contributed by atoms with van der Waals surface area (Å²) in [5.74, 6) is -1.64. The molecule has 0 radical (unpaired) electrons. The van der Waals surface area contributed by atoms with Gasteiger partial charge in [-0.1, -0.05) is 19.8 Å². The topological polar surface area (TPSA) is 60.7 Å². The van der Waals surface area contributed by atoms with Crippen LogP contribution in [0.2, 0.25) is 0 Å². The van der Waals surface area contributed by atoms with Crippen molar-refractivity contribution in [1.29, 1.82) is 0 Å². The molecular formula is C21H34F6O3. The summed E-state index contributed by atoms with van der Waals surface area (Å²) in [6.45, 7) is 4.93. The Bertz CT molecular complexity index is 569. The molecule has 2 fully saturated rings. The fourth-order valence-corrected chi connectivity index (χ4v) is 5.98. The minimum absolute atomic E-state index is 0.0432. The Labute approximate surface area is 173 Å². The summed E-state index contributed by atoms with van der Waals surface area (Å²) in [5, 5.41) is 30.2. The molecule has 0 aromatic heterocycles. The molecule has 0 bridgehead atoms. The van der Waals surface area contributed by atoms with E-state index < -0.39 is 53.3 Å². The SMILES string of the molecule is CC(C)(O)CCCC(CC(O)(C(F)(F)F)C(F)(F)F)C1CCC2[C@@H](O)CCC[C@]12C. The van der Waals surface area contributed by atoms with Crippen molar-refractivity contribution in [2.75, 3.05) is 0 Å². The number of hydrogen-bond acceptors (Lipinski definition) is 3. The number of halogens is 6. The molecule has 9 heteroatoms. The fraction of sp³-hybridized carbons (Fsp3) is 1.00. The highest BCUT2D eigenvalue weighted by Gasteiger charge is 2.71. The van der Waals surface area contributed by atoms with Crippen LogP contribution in [0.1, 0.15) is 78.6 Å². The molecule has 2 saturated carbocycles. The maximum Gasteiger partial charge on any atom is 0.426 e. The van der Waals surface area contributed by atoms with E-state index in [0.717, 1.165) is 0 Å². The van der Waals surface area contributed by atoms with Crippen LogP contribution >= 0.6 is 0 Å². The highest BCUT2D eigenvalue weighted by Crippen LogP contribution is 2.60. The van der Waals surface area contributed by atoms with Crippen molar-refractivity contribution in [2.45, 2.75) is 108 Å². The molecule has 0 spiro atoms. The largest absolute Gasteiger partial charge is 0.426 e. The van der Waals surface area contributed by atoms with Gasteiger partial charge in [0.05, 0.1) is 11.7 Å². The third-order valence-electron chi connectivity index (χ3n) is 7.59. The van der Waals surface area contributed by atoms with Gasteiger partial charge < -0.3 is 15.3 Å². The van der Waals surface area contributed by atoms with E-state index in [1.807, 2.05) is 6.92 Å². The van der Waals surface area contributed by atoms with Gasteiger partial charge in [-0.2, -0.15) is 26.3 Å². The van der Waals surface area contributed by atoms with Gasteiger partial charge in [-0.25, -0.2) is 0 Å². The number of aliphatic hydroxyl groups is 3. The van der Waals surface area contributed by atoms with Crippen LogP contribution in [-0.2, 0) is 0 Å². The molecule has 0 heterocycles. The average Bonchev–Trinajstić information content (AvgIpc) is 2.89. The Hall–Kier alpha value is -0.540. The molecule has 2 rings (SSSR count). The van der Waals surface area contributed by atoms with E-state index in [4.69, 9.17) is 0 Å². The van der Waals surface area contributed by atoms with Crippen LogP contribution in [-0.4, -0.2) is 45.0 Å². The number of aliphatic hydroxyl groups excluding tert-OH is 1. The summed E-state index contributed by atoms with van der Waals surface area (Å²) in [4.78, 5) is 0. The standard InChI is InChI=1S/C21H34F6O3/c1-17(2,29)10-4-6-13(12-19(30,20(22,23)24)21(25,26)27)14-8-9-15-16(28)7-5-11-18(14,15)3/h13-16,28-30H,4-12H2,1-3H3/t13?,14?,15?,16-,18+/m0/s1. The van der Waals surface area contributed by atoms with E-state index in [-0.39, 0.29) is 25.2 Å². The number of rotatable bonds is 7. The lowest BCUT2D eigenvalue weighted by Gasteiger charge is -2.47. The Morgan fingerprint density at radius 1 is 0.967 bits per heavy atom. The monoisotopic (exact) mass is 448 g/mol. The zero-order valence-corrected chi connectivity index (χ0v) is 17.8. The molecular weight excluding hydrogens is 414 g/mol. The number of hydrogen-bond donors (Lipinski definition) is 3. The molecule has 0 aliphatic heterocycles. The molecule has 3 unspecified atom stereocenters. The van der Waals surface area contributed by atoms with Crippen LogP contribution in [0.5, 0.6) is 0 Å². The highest BCUT2D eigenvalue weighted by atomic mass is 19.4. The van der Waals surface area contributed by atoms with E-state index in [1.165, 1.54) is 13.8 Å². The molecule has 2 aliphatic rings. The molecule has 3 N–H and O–H groups in total. The van der Waals surface area contributed by atoms with Crippen molar-refractivity contribution in [3.8, 4) is 0 Å². The van der Waals surface area contributed by atoms with Crippen LogP contribution in [0, 0.1) is 23.2 Å². The third kappa shape index (κ3) is 5.09. The number of alkyl halides is 6. The van der Waals surface area contributed by atoms with Crippen molar-refractivity contribution >= 4 is 0 Å². The van der Waals surface area contributed by atoms with Crippen molar-refractivity contribution in [3.05, 3.63) is 0 Å². The van der Waals surface area contributed by atoms with Gasteiger partial charge in [-0.3, -0.25) is 0 Å². The maximum atomic E-state index is 13.4. The van der Waals surface area contributed by atoms with Gasteiger partial charge in [0.25, 0.3) is 5.60 Å². The smallest absolute Gasteiger partial charge is 0.393 e. The summed E-state index contributed by atoms with van der Waals surface area (Å²) >= 11 is 0. The van der Waals surface area contributed by atoms with Crippen LogP contribution in [0.4, 0.5) is 26.3 Å². The van der Waals surface area contributed by atoms with Gasteiger partial charge in [0, 0.05) is 0 Å². The first-order valence-electron chi connectivity index (χ1n) is 10.7. The van der Waals surface area contributed by atoms with Gasteiger partial charge in [0.2, 0.25) is 0 Å². The fourth-order valence-electron chi connectivity index (χ4n) is 5.98. The molecule has 0 aromatic rings. The minimum Gasteiger partial charge on any atom is -0.393 e. The van der Waals surface area contributed by atoms with Crippen LogP contribution in [0.3, 0.4) is 0 Å².